The van der Waals surface area contributed by atoms with Crippen molar-refractivity contribution in [3.05, 3.63) is 59.2 Å². The minimum Gasteiger partial charge on any atom is -0.399 e. The number of alkyl halides is 3. The second-order valence-electron chi connectivity index (χ2n) is 4.47. The van der Waals surface area contributed by atoms with Gasteiger partial charge in [0.05, 0.1) is 16.8 Å². The number of nitrogens with zero attached hydrogens (tertiary/aromatic N) is 1. The van der Waals surface area contributed by atoms with E-state index in [-0.39, 0.29) is 0 Å². The highest BCUT2D eigenvalue weighted by molar-refractivity contribution is 5.63. The van der Waals surface area contributed by atoms with Crippen molar-refractivity contribution in [3.63, 3.8) is 0 Å². The number of anilines is 2. The lowest BCUT2D eigenvalue weighted by Crippen LogP contribution is -2.06. The van der Waals surface area contributed by atoms with E-state index in [1.807, 2.05) is 6.07 Å². The fourth-order valence-electron chi connectivity index (χ4n) is 1.82. The molecule has 2 rings (SSSR count). The Labute approximate surface area is 119 Å². The third-order valence-corrected chi connectivity index (χ3v) is 2.93. The molecule has 0 radical (unpaired) electrons. The van der Waals surface area contributed by atoms with Crippen molar-refractivity contribution in [3.8, 4) is 6.07 Å². The van der Waals surface area contributed by atoms with Crippen LogP contribution in [0.15, 0.2) is 42.5 Å². The van der Waals surface area contributed by atoms with Crippen molar-refractivity contribution in [1.29, 1.82) is 5.26 Å². The molecule has 3 N–H and O–H groups in total. The SMILES string of the molecule is N#Cc1cc(N)ccc1NCc1ccc(C(F)(F)F)cc1. The van der Waals surface area contributed by atoms with Crippen molar-refractivity contribution >= 4 is 11.4 Å². The lowest BCUT2D eigenvalue weighted by Gasteiger charge is -2.10. The molecule has 3 nitrogen and oxygen atoms in total. The van der Waals surface area contributed by atoms with Crippen LogP contribution in [0.4, 0.5) is 24.5 Å². The second-order valence-corrected chi connectivity index (χ2v) is 4.47. The predicted molar refractivity (Wildman–Crippen MR) is 74.3 cm³/mol. The number of halogens is 3. The van der Waals surface area contributed by atoms with Crippen LogP contribution in [0.5, 0.6) is 0 Å². The normalized spacial score (nSPS) is 11.0. The Morgan fingerprint density at radius 2 is 1.76 bits per heavy atom. The number of nitriles is 1. The van der Waals surface area contributed by atoms with E-state index in [9.17, 15) is 13.2 Å². The second kappa shape index (κ2) is 5.75. The minimum atomic E-state index is -4.34. The summed E-state index contributed by atoms with van der Waals surface area (Å²) in [6, 6.07) is 11.7. The molecule has 0 atom stereocenters. The molecule has 6 heteroatoms. The number of hydrogen-bond acceptors (Lipinski definition) is 3. The predicted octanol–water partition coefficient (Wildman–Crippen LogP) is 3.77. The largest absolute Gasteiger partial charge is 0.416 e. The number of hydrogen-bond donors (Lipinski definition) is 2. The van der Waals surface area contributed by atoms with Gasteiger partial charge in [-0.3, -0.25) is 0 Å². The van der Waals surface area contributed by atoms with E-state index < -0.39 is 11.7 Å². The third kappa shape index (κ3) is 3.66. The molecule has 2 aromatic carbocycles. The molecule has 0 bridgehead atoms. The van der Waals surface area contributed by atoms with Crippen LogP contribution < -0.4 is 11.1 Å². The van der Waals surface area contributed by atoms with Gasteiger partial charge in [-0.15, -0.1) is 0 Å². The molecule has 0 amide bonds. The van der Waals surface area contributed by atoms with Gasteiger partial charge in [-0.05, 0) is 35.9 Å². The summed E-state index contributed by atoms with van der Waals surface area (Å²) in [4.78, 5) is 0. The fraction of sp³-hybridized carbons (Fsp3) is 0.133. The minimum absolute atomic E-state index is 0.316. The lowest BCUT2D eigenvalue weighted by molar-refractivity contribution is -0.137. The molecule has 2 aromatic rings. The summed E-state index contributed by atoms with van der Waals surface area (Å²) in [6.07, 6.45) is -4.34. The van der Waals surface area contributed by atoms with Crippen molar-refractivity contribution in [2.45, 2.75) is 12.7 Å². The van der Waals surface area contributed by atoms with Crippen LogP contribution in [0.3, 0.4) is 0 Å². The zero-order valence-electron chi connectivity index (χ0n) is 10.9. The summed E-state index contributed by atoms with van der Waals surface area (Å²) in [5.74, 6) is 0. The van der Waals surface area contributed by atoms with Crippen LogP contribution in [0.1, 0.15) is 16.7 Å². The summed E-state index contributed by atoms with van der Waals surface area (Å²) in [6.45, 7) is 0.316. The molecule has 0 heterocycles. The van der Waals surface area contributed by atoms with E-state index in [2.05, 4.69) is 5.32 Å². The maximum atomic E-state index is 12.4. The maximum Gasteiger partial charge on any atom is 0.416 e. The number of nitrogens with two attached hydrogens (primary N) is 1. The van der Waals surface area contributed by atoms with Crippen LogP contribution in [-0.4, -0.2) is 0 Å². The van der Waals surface area contributed by atoms with Gasteiger partial charge >= 0.3 is 6.18 Å². The van der Waals surface area contributed by atoms with Crippen molar-refractivity contribution < 1.29 is 13.2 Å². The first-order valence-electron chi connectivity index (χ1n) is 6.10. The van der Waals surface area contributed by atoms with E-state index in [1.54, 1.807) is 12.1 Å². The summed E-state index contributed by atoms with van der Waals surface area (Å²) in [5, 5.41) is 12.0. The summed E-state index contributed by atoms with van der Waals surface area (Å²) < 4.78 is 37.3. The van der Waals surface area contributed by atoms with Crippen LogP contribution >= 0.6 is 0 Å². The first-order valence-corrected chi connectivity index (χ1v) is 6.10. The summed E-state index contributed by atoms with van der Waals surface area (Å²) in [7, 11) is 0. The highest BCUT2D eigenvalue weighted by Gasteiger charge is 2.29. The molecule has 0 aliphatic carbocycles. The molecule has 0 aliphatic heterocycles. The van der Waals surface area contributed by atoms with Crippen molar-refractivity contribution in [2.24, 2.45) is 0 Å². The monoisotopic (exact) mass is 291 g/mol. The van der Waals surface area contributed by atoms with Gasteiger partial charge in [-0.25, -0.2) is 0 Å². The van der Waals surface area contributed by atoms with E-state index in [1.165, 1.54) is 18.2 Å². The van der Waals surface area contributed by atoms with Gasteiger partial charge in [0, 0.05) is 12.2 Å². The van der Waals surface area contributed by atoms with Crippen molar-refractivity contribution in [1.82, 2.24) is 0 Å². The average molecular weight is 291 g/mol. The highest BCUT2D eigenvalue weighted by atomic mass is 19.4. The highest BCUT2D eigenvalue weighted by Crippen LogP contribution is 2.29. The Morgan fingerprint density at radius 3 is 2.33 bits per heavy atom. The van der Waals surface area contributed by atoms with Gasteiger partial charge in [0.1, 0.15) is 6.07 Å². The van der Waals surface area contributed by atoms with Gasteiger partial charge in [-0.2, -0.15) is 18.4 Å². The molecular weight excluding hydrogens is 279 g/mol. The summed E-state index contributed by atoms with van der Waals surface area (Å²) >= 11 is 0. The van der Waals surface area contributed by atoms with Gasteiger partial charge in [-0.1, -0.05) is 12.1 Å². The molecule has 108 valence electrons. The Balaban J connectivity index is 2.09. The van der Waals surface area contributed by atoms with Crippen molar-refractivity contribution in [2.75, 3.05) is 11.1 Å². The molecule has 0 fully saturated rings. The molecular formula is C15H12F3N3. The average Bonchev–Trinajstić information content (AvgIpc) is 2.45. The molecule has 0 aromatic heterocycles. The van der Waals surface area contributed by atoms with Gasteiger partial charge < -0.3 is 11.1 Å². The number of nitrogens with one attached hydrogen (secondary N) is 1. The van der Waals surface area contributed by atoms with Gasteiger partial charge in [0.25, 0.3) is 0 Å². The zero-order valence-corrected chi connectivity index (χ0v) is 10.9. The zero-order chi connectivity index (χ0) is 15.5. The number of nitrogen functional groups attached to an aromatic ring is 1. The molecule has 0 saturated carbocycles. The topological polar surface area (TPSA) is 61.8 Å². The number of rotatable bonds is 3. The Morgan fingerprint density at radius 1 is 1.10 bits per heavy atom. The van der Waals surface area contributed by atoms with Crippen LogP contribution in [0.2, 0.25) is 0 Å². The third-order valence-electron chi connectivity index (χ3n) is 2.93. The lowest BCUT2D eigenvalue weighted by atomic mass is 10.1. The fourth-order valence-corrected chi connectivity index (χ4v) is 1.82. The van der Waals surface area contributed by atoms with Crippen LogP contribution in [-0.2, 0) is 12.7 Å². The summed E-state index contributed by atoms with van der Waals surface area (Å²) in [5.41, 5.74) is 7.04. The first-order chi connectivity index (χ1) is 9.90. The van der Waals surface area contributed by atoms with E-state index >= 15 is 0 Å². The number of benzene rings is 2. The quantitative estimate of drug-likeness (QED) is 0.846. The Bertz CT molecular complexity index is 670. The van der Waals surface area contributed by atoms with E-state index in [0.29, 0.717) is 29.0 Å². The van der Waals surface area contributed by atoms with Crippen LogP contribution in [0.25, 0.3) is 0 Å². The molecule has 0 unspecified atom stereocenters. The van der Waals surface area contributed by atoms with Crippen LogP contribution in [0, 0.1) is 11.3 Å². The maximum absolute atomic E-state index is 12.4. The molecule has 0 saturated heterocycles. The molecule has 0 aliphatic rings. The standard InChI is InChI=1S/C15H12F3N3/c16-15(17,18)12-3-1-10(2-4-12)9-21-14-6-5-13(20)7-11(14)8-19/h1-7,21H,9,20H2. The Hall–Kier alpha value is -2.68. The van der Waals surface area contributed by atoms with E-state index in [0.717, 1.165) is 12.1 Å². The molecule has 0 spiro atoms. The first kappa shape index (κ1) is 14.7. The Kier molecular flexibility index (Phi) is 4.03. The van der Waals surface area contributed by atoms with Gasteiger partial charge in [0.2, 0.25) is 0 Å². The van der Waals surface area contributed by atoms with Gasteiger partial charge in [0.15, 0.2) is 0 Å². The van der Waals surface area contributed by atoms with E-state index in [4.69, 9.17) is 11.0 Å². The molecule has 21 heavy (non-hydrogen) atoms. The smallest absolute Gasteiger partial charge is 0.399 e.